The molecule has 8 heteroatoms. The fraction of sp³-hybridized carbons (Fsp3) is 0.133. The predicted octanol–water partition coefficient (Wildman–Crippen LogP) is 2.15. The number of benzene rings is 2. The molecule has 0 spiro atoms. The van der Waals surface area contributed by atoms with E-state index >= 15 is 0 Å². The molecule has 2 aromatic carbocycles. The third kappa shape index (κ3) is 5.05. The van der Waals surface area contributed by atoms with Gasteiger partial charge in [-0.25, -0.2) is 8.42 Å². The highest BCUT2D eigenvalue weighted by Gasteiger charge is 2.14. The number of sulfonamides is 1. The van der Waals surface area contributed by atoms with E-state index in [1.54, 1.807) is 36.4 Å². The molecule has 0 fully saturated rings. The first kappa shape index (κ1) is 17.5. The third-order valence-corrected chi connectivity index (χ3v) is 5.03. The van der Waals surface area contributed by atoms with E-state index < -0.39 is 15.9 Å². The van der Waals surface area contributed by atoms with Crippen LogP contribution in [0.4, 0.5) is 0 Å². The number of halogens is 1. The molecule has 2 N–H and O–H groups in total. The average molecular weight is 399 g/mol. The van der Waals surface area contributed by atoms with Crippen LogP contribution < -0.4 is 15.0 Å². The van der Waals surface area contributed by atoms with E-state index in [4.69, 9.17) is 4.74 Å². The van der Waals surface area contributed by atoms with Crippen molar-refractivity contribution in [1.29, 1.82) is 0 Å². The van der Waals surface area contributed by atoms with Gasteiger partial charge in [0.25, 0.3) is 15.9 Å². The number of rotatable bonds is 6. The second-order valence-electron chi connectivity index (χ2n) is 4.67. The minimum atomic E-state index is -3.79. The molecule has 1 amide bonds. The first-order chi connectivity index (χ1) is 10.9. The fourth-order valence-corrected chi connectivity index (χ4v) is 2.80. The molecule has 122 valence electrons. The van der Waals surface area contributed by atoms with E-state index in [1.165, 1.54) is 12.1 Å². The van der Waals surface area contributed by atoms with Crippen molar-refractivity contribution in [3.05, 3.63) is 58.6 Å². The summed E-state index contributed by atoms with van der Waals surface area (Å²) in [4.78, 5) is 13.8. The summed E-state index contributed by atoms with van der Waals surface area (Å²) in [5.74, 6) is -0.0863. The Labute approximate surface area is 143 Å². The van der Waals surface area contributed by atoms with Gasteiger partial charge in [0.1, 0.15) is 5.75 Å². The Morgan fingerprint density at radius 2 is 1.87 bits per heavy atom. The first-order valence-corrected chi connectivity index (χ1v) is 8.91. The van der Waals surface area contributed by atoms with Gasteiger partial charge >= 0.3 is 0 Å². The maximum Gasteiger partial charge on any atom is 0.272 e. The van der Waals surface area contributed by atoms with Crippen molar-refractivity contribution in [2.24, 2.45) is 0 Å². The lowest BCUT2D eigenvalue weighted by atomic mass is 10.2. The normalized spacial score (nSPS) is 11.0. The number of hydrazine groups is 1. The number of nitrogens with one attached hydrogen (secondary N) is 2. The molecule has 2 aromatic rings. The van der Waals surface area contributed by atoms with Gasteiger partial charge in [0, 0.05) is 4.47 Å². The van der Waals surface area contributed by atoms with Crippen LogP contribution in [-0.2, 0) is 14.8 Å². The SMILES string of the molecule is Cc1cc(OCC(=O)NNS(=O)(=O)c2ccccc2)ccc1Br. The Morgan fingerprint density at radius 3 is 2.52 bits per heavy atom. The van der Waals surface area contributed by atoms with Gasteiger partial charge in [0.2, 0.25) is 0 Å². The Bertz CT molecular complexity index is 794. The van der Waals surface area contributed by atoms with Gasteiger partial charge in [-0.3, -0.25) is 10.2 Å². The second-order valence-corrected chi connectivity index (χ2v) is 7.20. The molecule has 23 heavy (non-hydrogen) atoms. The summed E-state index contributed by atoms with van der Waals surface area (Å²) < 4.78 is 30.1. The Morgan fingerprint density at radius 1 is 1.17 bits per heavy atom. The van der Waals surface area contributed by atoms with Crippen molar-refractivity contribution in [1.82, 2.24) is 10.3 Å². The number of ether oxygens (including phenoxy) is 1. The van der Waals surface area contributed by atoms with Crippen LogP contribution in [-0.4, -0.2) is 20.9 Å². The van der Waals surface area contributed by atoms with Crippen LogP contribution in [0, 0.1) is 6.92 Å². The zero-order chi connectivity index (χ0) is 16.9. The number of carbonyl (C=O) groups excluding carboxylic acids is 1. The minimum absolute atomic E-state index is 0.0600. The van der Waals surface area contributed by atoms with E-state index in [9.17, 15) is 13.2 Å². The highest BCUT2D eigenvalue weighted by atomic mass is 79.9. The second kappa shape index (κ2) is 7.58. The molecule has 0 atom stereocenters. The van der Waals surface area contributed by atoms with E-state index in [1.807, 2.05) is 11.8 Å². The molecule has 0 aliphatic heterocycles. The molecule has 0 bridgehead atoms. The minimum Gasteiger partial charge on any atom is -0.484 e. The largest absolute Gasteiger partial charge is 0.484 e. The van der Waals surface area contributed by atoms with Crippen LogP contribution in [0.5, 0.6) is 5.75 Å². The lowest BCUT2D eigenvalue weighted by molar-refractivity contribution is -0.123. The standard InChI is InChI=1S/C15H15BrN2O4S/c1-11-9-12(7-8-14(11)16)22-10-15(19)17-18-23(20,21)13-5-3-2-4-6-13/h2-9,18H,10H2,1H3,(H,17,19). The van der Waals surface area contributed by atoms with Gasteiger partial charge in [0.15, 0.2) is 6.61 Å². The predicted molar refractivity (Wildman–Crippen MR) is 89.3 cm³/mol. The van der Waals surface area contributed by atoms with Gasteiger partial charge in [-0.05, 0) is 42.8 Å². The number of carbonyl (C=O) groups is 1. The van der Waals surface area contributed by atoms with Crippen LogP contribution in [0.1, 0.15) is 5.56 Å². The van der Waals surface area contributed by atoms with E-state index in [0.717, 1.165) is 10.0 Å². The van der Waals surface area contributed by atoms with E-state index in [2.05, 4.69) is 21.4 Å². The van der Waals surface area contributed by atoms with Crippen molar-refractivity contribution in [3.8, 4) is 5.75 Å². The number of amides is 1. The van der Waals surface area contributed by atoms with Gasteiger partial charge in [0.05, 0.1) is 4.90 Å². The zero-order valence-corrected chi connectivity index (χ0v) is 14.6. The summed E-state index contributed by atoms with van der Waals surface area (Å²) in [5, 5.41) is 0. The van der Waals surface area contributed by atoms with Crippen molar-refractivity contribution < 1.29 is 17.9 Å². The molecule has 0 aliphatic rings. The first-order valence-electron chi connectivity index (χ1n) is 6.63. The van der Waals surface area contributed by atoms with Crippen LogP contribution in [0.3, 0.4) is 0 Å². The highest BCUT2D eigenvalue weighted by molar-refractivity contribution is 9.10. The number of hydrogen-bond donors (Lipinski definition) is 2. The molecule has 0 saturated carbocycles. The van der Waals surface area contributed by atoms with Crippen molar-refractivity contribution in [2.45, 2.75) is 11.8 Å². The molecule has 0 unspecified atom stereocenters. The van der Waals surface area contributed by atoms with E-state index in [0.29, 0.717) is 5.75 Å². The summed E-state index contributed by atoms with van der Waals surface area (Å²) in [6.07, 6.45) is 0. The molecule has 0 radical (unpaired) electrons. The van der Waals surface area contributed by atoms with Gasteiger partial charge in [-0.15, -0.1) is 4.83 Å². The van der Waals surface area contributed by atoms with Gasteiger partial charge in [-0.1, -0.05) is 34.1 Å². The topological polar surface area (TPSA) is 84.5 Å². The number of aryl methyl sites for hydroxylation is 1. The monoisotopic (exact) mass is 398 g/mol. The highest BCUT2D eigenvalue weighted by Crippen LogP contribution is 2.21. The summed E-state index contributed by atoms with van der Waals surface area (Å²) in [7, 11) is -3.79. The van der Waals surface area contributed by atoms with Crippen molar-refractivity contribution >= 4 is 31.9 Å². The fourth-order valence-electron chi connectivity index (χ4n) is 1.67. The molecule has 0 aliphatic carbocycles. The lowest BCUT2D eigenvalue weighted by Crippen LogP contribution is -2.43. The van der Waals surface area contributed by atoms with Crippen LogP contribution in [0.2, 0.25) is 0 Å². The third-order valence-electron chi connectivity index (χ3n) is 2.88. The summed E-state index contributed by atoms with van der Waals surface area (Å²) in [6, 6.07) is 13.0. The molecular formula is C15H15BrN2O4S. The molecule has 2 rings (SSSR count). The Kier molecular flexibility index (Phi) is 5.75. The summed E-state index contributed by atoms with van der Waals surface area (Å²) in [6.45, 7) is 1.59. The average Bonchev–Trinajstić information content (AvgIpc) is 2.55. The van der Waals surface area contributed by atoms with Crippen molar-refractivity contribution in [2.75, 3.05) is 6.61 Å². The smallest absolute Gasteiger partial charge is 0.272 e. The molecule has 0 heterocycles. The lowest BCUT2D eigenvalue weighted by Gasteiger charge is -2.10. The summed E-state index contributed by atoms with van der Waals surface area (Å²) >= 11 is 3.37. The quantitative estimate of drug-likeness (QED) is 0.730. The van der Waals surface area contributed by atoms with Crippen molar-refractivity contribution in [3.63, 3.8) is 0 Å². The summed E-state index contributed by atoms with van der Waals surface area (Å²) in [5.41, 5.74) is 3.07. The number of hydrogen-bond acceptors (Lipinski definition) is 4. The van der Waals surface area contributed by atoms with Gasteiger partial charge in [-0.2, -0.15) is 0 Å². The van der Waals surface area contributed by atoms with Crippen LogP contribution in [0.25, 0.3) is 0 Å². The molecule has 6 nitrogen and oxygen atoms in total. The Balaban J connectivity index is 1.87. The maximum atomic E-state index is 11.9. The van der Waals surface area contributed by atoms with Crippen LogP contribution >= 0.6 is 15.9 Å². The Hall–Kier alpha value is -1.90. The molecular weight excluding hydrogens is 384 g/mol. The van der Waals surface area contributed by atoms with E-state index in [-0.39, 0.29) is 11.5 Å². The molecule has 0 aromatic heterocycles. The van der Waals surface area contributed by atoms with Crippen LogP contribution in [0.15, 0.2) is 57.9 Å². The van der Waals surface area contributed by atoms with Gasteiger partial charge < -0.3 is 4.74 Å². The molecule has 0 saturated heterocycles. The zero-order valence-electron chi connectivity index (χ0n) is 12.2. The maximum absolute atomic E-state index is 11.9.